The summed E-state index contributed by atoms with van der Waals surface area (Å²) in [5, 5.41) is 22.0. The molecule has 0 amide bonds. The van der Waals surface area contributed by atoms with E-state index < -0.39 is 45.6 Å². The Morgan fingerprint density at radius 3 is 1.20 bits per heavy atom. The molecule has 0 saturated heterocycles. The minimum absolute atomic E-state index is 0.0693. The van der Waals surface area contributed by atoms with Gasteiger partial charge in [0.05, 0.1) is 38.3 Å². The van der Waals surface area contributed by atoms with Crippen LogP contribution in [0, 0.1) is 20.2 Å². The Bertz CT molecular complexity index is 1790. The van der Waals surface area contributed by atoms with Gasteiger partial charge in [-0.1, -0.05) is 46.6 Å². The quantitative estimate of drug-likeness (QED) is 0.134. The van der Waals surface area contributed by atoms with E-state index in [0.717, 1.165) is 22.3 Å². The van der Waals surface area contributed by atoms with Crippen LogP contribution in [0.15, 0.2) is 93.1 Å². The van der Waals surface area contributed by atoms with Gasteiger partial charge >= 0.3 is 23.9 Å². The van der Waals surface area contributed by atoms with E-state index in [1.165, 1.54) is 58.8 Å². The first kappa shape index (κ1) is 38.5. The number of hydrogen-bond acceptors (Lipinski definition) is 12. The van der Waals surface area contributed by atoms with E-state index in [2.05, 4.69) is 0 Å². The molecule has 0 unspecified atom stereocenters. The van der Waals surface area contributed by atoms with Crippen LogP contribution in [0.3, 0.4) is 0 Å². The molecule has 0 saturated carbocycles. The fourth-order valence-corrected chi connectivity index (χ4v) is 6.33. The van der Waals surface area contributed by atoms with E-state index >= 15 is 0 Å². The van der Waals surface area contributed by atoms with Crippen molar-refractivity contribution in [3.63, 3.8) is 0 Å². The Balaban J connectivity index is 0.000000270. The molecule has 14 heteroatoms. The first-order valence-electron chi connectivity index (χ1n) is 15.2. The number of hydrogen-bond donors (Lipinski definition) is 0. The van der Waals surface area contributed by atoms with Crippen LogP contribution in [0.4, 0.5) is 11.4 Å². The summed E-state index contributed by atoms with van der Waals surface area (Å²) in [5.41, 5.74) is 5.32. The molecule has 0 heterocycles. The molecule has 14 nitrogen and oxygen atoms in total. The van der Waals surface area contributed by atoms with Gasteiger partial charge in [0.15, 0.2) is 0 Å². The Hall–Kier alpha value is -5.92. The number of esters is 4. The van der Waals surface area contributed by atoms with Crippen molar-refractivity contribution in [2.75, 3.05) is 28.4 Å². The monoisotopic (exact) mass is 690 g/mol. The number of methoxy groups -OCH3 is 4. The first-order chi connectivity index (χ1) is 23.6. The molecule has 264 valence electrons. The molecule has 4 rings (SSSR count). The highest BCUT2D eigenvalue weighted by atomic mass is 16.6. The molecular formula is C36H38N2O12. The van der Waals surface area contributed by atoms with E-state index in [1.54, 1.807) is 32.0 Å². The zero-order valence-corrected chi connectivity index (χ0v) is 29.0. The lowest BCUT2D eigenvalue weighted by Crippen LogP contribution is -2.26. The number of ether oxygens (including phenoxy) is 4. The molecule has 2 aromatic rings. The number of non-ortho nitro benzene ring substituents is 2. The predicted molar refractivity (Wildman–Crippen MR) is 180 cm³/mol. The summed E-state index contributed by atoms with van der Waals surface area (Å²) in [5.74, 6) is -3.65. The molecule has 0 bridgehead atoms. The van der Waals surface area contributed by atoms with Gasteiger partial charge in [-0.2, -0.15) is 0 Å². The van der Waals surface area contributed by atoms with Crippen molar-refractivity contribution in [1.82, 2.24) is 0 Å². The predicted octanol–water partition coefficient (Wildman–Crippen LogP) is 6.12. The third-order valence-electron chi connectivity index (χ3n) is 8.53. The lowest BCUT2D eigenvalue weighted by Gasteiger charge is -2.29. The highest BCUT2D eigenvalue weighted by Crippen LogP contribution is 2.44. The molecule has 0 spiro atoms. The number of nitro benzene ring substituents is 2. The zero-order valence-electron chi connectivity index (χ0n) is 29.0. The van der Waals surface area contributed by atoms with Crippen molar-refractivity contribution in [2.24, 2.45) is 0 Å². The van der Waals surface area contributed by atoms with Crippen molar-refractivity contribution < 1.29 is 48.0 Å². The number of nitrogens with zero attached hydrogens (tertiary/aromatic N) is 2. The summed E-state index contributed by atoms with van der Waals surface area (Å²) in [7, 11) is 5.07. The van der Waals surface area contributed by atoms with Gasteiger partial charge in [0.25, 0.3) is 11.4 Å². The van der Waals surface area contributed by atoms with Gasteiger partial charge in [0.2, 0.25) is 0 Å². The average Bonchev–Trinajstić information content (AvgIpc) is 3.10. The summed E-state index contributed by atoms with van der Waals surface area (Å²) in [4.78, 5) is 70.3. The molecule has 0 aliphatic heterocycles. The van der Waals surface area contributed by atoms with Crippen LogP contribution in [0.1, 0.15) is 63.5 Å². The summed E-state index contributed by atoms with van der Waals surface area (Å²) < 4.78 is 19.5. The van der Waals surface area contributed by atoms with Crippen molar-refractivity contribution in [3.8, 4) is 0 Å². The molecule has 50 heavy (non-hydrogen) atoms. The second-order valence-corrected chi connectivity index (χ2v) is 11.7. The maximum absolute atomic E-state index is 12.4. The maximum atomic E-state index is 12.4. The van der Waals surface area contributed by atoms with E-state index in [0.29, 0.717) is 46.3 Å². The molecule has 0 N–H and O–H groups in total. The maximum Gasteiger partial charge on any atom is 0.334 e. The highest BCUT2D eigenvalue weighted by Gasteiger charge is 2.39. The standard InChI is InChI=1S/2C18H19NO6/c1-10-9-11(2)15(18(21)25-4)16(14(10)17(20)24-3)12-5-7-13(8-6-12)19(22)23;1-10-8-11(2)15(18(21)25-4)16(14(10)17(20)24-3)12-6-5-7-13(9-12)19(22)23/h5-8,16H,9H2,1-4H3;5-7,9,16H,8H2,1-4H3. The van der Waals surface area contributed by atoms with Gasteiger partial charge in [-0.15, -0.1) is 0 Å². The van der Waals surface area contributed by atoms with Crippen LogP contribution in [0.25, 0.3) is 0 Å². The number of rotatable bonds is 8. The van der Waals surface area contributed by atoms with Crippen LogP contribution in [0.2, 0.25) is 0 Å². The third kappa shape index (κ3) is 8.02. The van der Waals surface area contributed by atoms with E-state index in [1.807, 2.05) is 13.8 Å². The van der Waals surface area contributed by atoms with Crippen molar-refractivity contribution >= 4 is 35.3 Å². The summed E-state index contributed by atoms with van der Waals surface area (Å²) >= 11 is 0. The van der Waals surface area contributed by atoms with Crippen LogP contribution < -0.4 is 0 Å². The number of allylic oxidation sites excluding steroid dienone is 4. The second-order valence-electron chi connectivity index (χ2n) is 11.7. The number of nitro groups is 2. The van der Waals surface area contributed by atoms with Gasteiger partial charge in [-0.05, 0) is 51.7 Å². The van der Waals surface area contributed by atoms with Crippen molar-refractivity contribution in [2.45, 2.75) is 52.4 Å². The number of benzene rings is 2. The smallest absolute Gasteiger partial charge is 0.334 e. The fraction of sp³-hybridized carbons (Fsp3) is 0.333. The van der Waals surface area contributed by atoms with Gasteiger partial charge in [0.1, 0.15) is 0 Å². The topological polar surface area (TPSA) is 191 Å². The normalized spacial score (nSPS) is 15.2. The molecular weight excluding hydrogens is 652 g/mol. The van der Waals surface area contributed by atoms with Gasteiger partial charge in [0, 0.05) is 58.4 Å². The first-order valence-corrected chi connectivity index (χ1v) is 15.2. The Kier molecular flexibility index (Phi) is 12.7. The minimum Gasteiger partial charge on any atom is -0.466 e. The Labute approximate surface area is 288 Å². The molecule has 0 atom stereocenters. The average molecular weight is 691 g/mol. The molecule has 2 aromatic carbocycles. The Morgan fingerprint density at radius 2 is 0.880 bits per heavy atom. The summed E-state index contributed by atoms with van der Waals surface area (Å²) in [6.07, 6.45) is 0.888. The van der Waals surface area contributed by atoms with Crippen molar-refractivity contribution in [3.05, 3.63) is 124 Å². The molecule has 2 aliphatic rings. The van der Waals surface area contributed by atoms with E-state index in [4.69, 9.17) is 18.9 Å². The Morgan fingerprint density at radius 1 is 0.540 bits per heavy atom. The number of carbonyl (C=O) groups excluding carboxylic acids is 4. The lowest BCUT2D eigenvalue weighted by molar-refractivity contribution is -0.385. The van der Waals surface area contributed by atoms with Crippen molar-refractivity contribution in [1.29, 1.82) is 0 Å². The summed E-state index contributed by atoms with van der Waals surface area (Å²) in [6, 6.07) is 11.7. The molecule has 0 radical (unpaired) electrons. The second kappa shape index (κ2) is 16.5. The van der Waals surface area contributed by atoms with Crippen LogP contribution in [-0.2, 0) is 38.1 Å². The van der Waals surface area contributed by atoms with E-state index in [9.17, 15) is 39.4 Å². The molecule has 2 aliphatic carbocycles. The lowest BCUT2D eigenvalue weighted by atomic mass is 9.75. The highest BCUT2D eigenvalue weighted by molar-refractivity contribution is 6.01. The fourth-order valence-electron chi connectivity index (χ4n) is 6.33. The van der Waals surface area contributed by atoms with Gasteiger partial charge < -0.3 is 18.9 Å². The van der Waals surface area contributed by atoms with Gasteiger partial charge in [-0.25, -0.2) is 19.2 Å². The van der Waals surface area contributed by atoms with E-state index in [-0.39, 0.29) is 11.4 Å². The number of carbonyl (C=O) groups is 4. The van der Waals surface area contributed by atoms with Crippen LogP contribution >= 0.6 is 0 Å². The SMILES string of the molecule is COC(=O)C1=C(C)CC(C)=C(C(=O)OC)C1c1ccc([N+](=O)[O-])cc1.COC(=O)C1=C(C)CC(C)=C(C(=O)OC)C1c1cccc([N+](=O)[O-])c1. The zero-order chi connectivity index (χ0) is 37.4. The van der Waals surface area contributed by atoms with Crippen LogP contribution in [0.5, 0.6) is 0 Å². The van der Waals surface area contributed by atoms with Gasteiger partial charge in [-0.3, -0.25) is 20.2 Å². The third-order valence-corrected chi connectivity index (χ3v) is 8.53. The minimum atomic E-state index is -0.770. The largest absolute Gasteiger partial charge is 0.466 e. The van der Waals surface area contributed by atoms with Crippen LogP contribution in [-0.4, -0.2) is 62.2 Å². The molecule has 0 aromatic heterocycles. The molecule has 0 fully saturated rings. The summed E-state index contributed by atoms with van der Waals surface area (Å²) in [6.45, 7) is 7.19.